The van der Waals surface area contributed by atoms with Crippen LogP contribution >= 0.6 is 0 Å². The van der Waals surface area contributed by atoms with E-state index in [1.165, 1.54) is 0 Å². The lowest BCUT2D eigenvalue weighted by molar-refractivity contribution is -0.130. The van der Waals surface area contributed by atoms with Gasteiger partial charge in [0.1, 0.15) is 17.7 Å². The molecule has 9 heteroatoms. The van der Waals surface area contributed by atoms with Crippen molar-refractivity contribution in [1.82, 2.24) is 16.0 Å². The van der Waals surface area contributed by atoms with Gasteiger partial charge in [0.25, 0.3) is 0 Å². The molecule has 0 unspecified atom stereocenters. The molecule has 1 aliphatic heterocycles. The topological polar surface area (TPSA) is 140 Å². The second-order valence-corrected chi connectivity index (χ2v) is 9.44. The number of hydrogen-bond donors (Lipinski definition) is 4. The molecule has 1 aliphatic rings. The minimum Gasteiger partial charge on any atom is -0.444 e. The summed E-state index contributed by atoms with van der Waals surface area (Å²) >= 11 is 0. The van der Waals surface area contributed by atoms with Gasteiger partial charge in [-0.05, 0) is 45.4 Å². The van der Waals surface area contributed by atoms with Gasteiger partial charge in [0.15, 0.2) is 0 Å². The van der Waals surface area contributed by atoms with Crippen molar-refractivity contribution in [2.45, 2.75) is 78.5 Å². The van der Waals surface area contributed by atoms with Crippen molar-refractivity contribution in [3.05, 3.63) is 0 Å². The fourth-order valence-electron chi connectivity index (χ4n) is 2.94. The molecule has 0 aromatic heterocycles. The summed E-state index contributed by atoms with van der Waals surface area (Å²) in [6, 6.07) is -1.90. The number of carbonyl (C=O) groups is 4. The first kappa shape index (κ1) is 23.7. The van der Waals surface area contributed by atoms with Crippen molar-refractivity contribution in [1.29, 1.82) is 0 Å². The third kappa shape index (κ3) is 8.58. The Morgan fingerprint density at radius 1 is 1.14 bits per heavy atom. The molecule has 4 amide bonds. The van der Waals surface area contributed by atoms with E-state index in [-0.39, 0.29) is 23.7 Å². The zero-order valence-corrected chi connectivity index (χ0v) is 17.7. The van der Waals surface area contributed by atoms with E-state index >= 15 is 0 Å². The molecule has 3 atom stereocenters. The molecule has 0 aromatic rings. The zero-order valence-electron chi connectivity index (χ0n) is 17.7. The molecule has 0 radical (unpaired) electrons. The number of rotatable bonds is 7. The largest absolute Gasteiger partial charge is 0.444 e. The lowest BCUT2D eigenvalue weighted by Gasteiger charge is -2.29. The van der Waals surface area contributed by atoms with Crippen molar-refractivity contribution in [3.8, 4) is 0 Å². The van der Waals surface area contributed by atoms with Gasteiger partial charge in [-0.25, -0.2) is 4.79 Å². The summed E-state index contributed by atoms with van der Waals surface area (Å²) in [7, 11) is 0. The Kier molecular flexibility index (Phi) is 7.84. The zero-order chi connectivity index (χ0) is 21.7. The molecule has 5 N–H and O–H groups in total. The van der Waals surface area contributed by atoms with E-state index in [0.717, 1.165) is 0 Å². The summed E-state index contributed by atoms with van der Waals surface area (Å²) in [4.78, 5) is 48.5. The van der Waals surface area contributed by atoms with Crippen LogP contribution in [-0.4, -0.2) is 48.0 Å². The summed E-state index contributed by atoms with van der Waals surface area (Å²) in [5.41, 5.74) is 4.44. The molecular formula is C19H34N4O5. The molecule has 160 valence electrons. The minimum absolute atomic E-state index is 0.127. The summed E-state index contributed by atoms with van der Waals surface area (Å²) in [5.74, 6) is -1.79. The van der Waals surface area contributed by atoms with Crippen molar-refractivity contribution in [2.24, 2.45) is 17.1 Å². The quantitative estimate of drug-likeness (QED) is 0.502. The number of nitrogens with two attached hydrogens (primary N) is 1. The molecule has 1 saturated heterocycles. The van der Waals surface area contributed by atoms with E-state index < -0.39 is 35.6 Å². The molecular weight excluding hydrogens is 364 g/mol. The number of amides is 4. The van der Waals surface area contributed by atoms with Crippen LogP contribution in [0.1, 0.15) is 60.8 Å². The third-order valence-electron chi connectivity index (χ3n) is 4.17. The van der Waals surface area contributed by atoms with Gasteiger partial charge in [-0.3, -0.25) is 14.4 Å². The number of primary amides is 1. The summed E-state index contributed by atoms with van der Waals surface area (Å²) in [6.45, 7) is 11.5. The van der Waals surface area contributed by atoms with Gasteiger partial charge in [0.05, 0.1) is 0 Å². The number of alkyl carbamates (subject to hydrolysis) is 1. The number of nitrogens with one attached hydrogen (secondary N) is 3. The molecule has 1 rings (SSSR count). The Bertz CT molecular complexity index is 606. The lowest BCUT2D eigenvalue weighted by atomic mass is 9.87. The first-order valence-corrected chi connectivity index (χ1v) is 9.55. The van der Waals surface area contributed by atoms with Crippen LogP contribution in [0.3, 0.4) is 0 Å². The first-order chi connectivity index (χ1) is 12.7. The minimum atomic E-state index is -0.996. The van der Waals surface area contributed by atoms with Crippen LogP contribution in [0.2, 0.25) is 0 Å². The standard InChI is InChI=1S/C19H34N4O5/c1-18(2,3)10-13(23-17(27)28-19(4,5)6)16(26)22-12(14(20)24)9-11-7-8-21-15(11)25/h11-13H,7-10H2,1-6H3,(H2,20,24)(H,21,25)(H,22,26)(H,23,27)/t11-,12-,13-/m0/s1. The summed E-state index contributed by atoms with van der Waals surface area (Å²) < 4.78 is 5.23. The number of hydrogen-bond acceptors (Lipinski definition) is 5. The molecule has 0 aromatic carbocycles. The summed E-state index contributed by atoms with van der Waals surface area (Å²) in [5, 5.41) is 7.85. The number of ether oxygens (including phenoxy) is 1. The Morgan fingerprint density at radius 3 is 2.18 bits per heavy atom. The predicted octanol–water partition coefficient (Wildman–Crippen LogP) is 0.812. The molecule has 0 aliphatic carbocycles. The highest BCUT2D eigenvalue weighted by molar-refractivity contribution is 5.91. The highest BCUT2D eigenvalue weighted by atomic mass is 16.6. The average molecular weight is 399 g/mol. The maximum atomic E-state index is 12.8. The van der Waals surface area contributed by atoms with Gasteiger partial charge in [0, 0.05) is 12.5 Å². The second kappa shape index (κ2) is 9.25. The van der Waals surface area contributed by atoms with E-state index in [1.54, 1.807) is 20.8 Å². The third-order valence-corrected chi connectivity index (χ3v) is 4.17. The van der Waals surface area contributed by atoms with Gasteiger partial charge in [-0.1, -0.05) is 20.8 Å². The van der Waals surface area contributed by atoms with Gasteiger partial charge < -0.3 is 26.4 Å². The molecule has 1 heterocycles. The van der Waals surface area contributed by atoms with Crippen molar-refractivity contribution >= 4 is 23.8 Å². The Morgan fingerprint density at radius 2 is 1.75 bits per heavy atom. The maximum Gasteiger partial charge on any atom is 0.408 e. The van der Waals surface area contributed by atoms with Gasteiger partial charge in [0.2, 0.25) is 17.7 Å². The van der Waals surface area contributed by atoms with Crippen LogP contribution in [0.4, 0.5) is 4.79 Å². The van der Waals surface area contributed by atoms with Crippen LogP contribution < -0.4 is 21.7 Å². The van der Waals surface area contributed by atoms with E-state index in [9.17, 15) is 19.2 Å². The van der Waals surface area contributed by atoms with E-state index in [2.05, 4.69) is 16.0 Å². The van der Waals surface area contributed by atoms with Gasteiger partial charge in [-0.2, -0.15) is 0 Å². The SMILES string of the molecule is CC(C)(C)C[C@H](NC(=O)OC(C)(C)C)C(=O)N[C@@H](C[C@@H]1CCNC1=O)C(N)=O. The first-order valence-electron chi connectivity index (χ1n) is 9.55. The van der Waals surface area contributed by atoms with Gasteiger partial charge >= 0.3 is 6.09 Å². The Balaban J connectivity index is 2.85. The molecule has 0 bridgehead atoms. The van der Waals surface area contributed by atoms with Crippen LogP contribution in [0.25, 0.3) is 0 Å². The smallest absolute Gasteiger partial charge is 0.408 e. The maximum absolute atomic E-state index is 12.8. The summed E-state index contributed by atoms with van der Waals surface area (Å²) in [6.07, 6.45) is 0.317. The van der Waals surface area contributed by atoms with Crippen molar-refractivity contribution in [2.75, 3.05) is 6.54 Å². The van der Waals surface area contributed by atoms with Crippen molar-refractivity contribution < 1.29 is 23.9 Å². The lowest BCUT2D eigenvalue weighted by Crippen LogP contribution is -2.55. The molecule has 1 fully saturated rings. The van der Waals surface area contributed by atoms with Crippen LogP contribution in [0.15, 0.2) is 0 Å². The fourth-order valence-corrected chi connectivity index (χ4v) is 2.94. The molecule has 0 saturated carbocycles. The van der Waals surface area contributed by atoms with E-state index in [4.69, 9.17) is 10.5 Å². The molecule has 9 nitrogen and oxygen atoms in total. The van der Waals surface area contributed by atoms with E-state index in [1.807, 2.05) is 20.8 Å². The number of carbonyl (C=O) groups excluding carboxylic acids is 4. The average Bonchev–Trinajstić information content (AvgIpc) is 2.87. The highest BCUT2D eigenvalue weighted by Crippen LogP contribution is 2.22. The Hall–Kier alpha value is -2.32. The molecule has 28 heavy (non-hydrogen) atoms. The molecule has 0 spiro atoms. The van der Waals surface area contributed by atoms with Crippen LogP contribution in [0, 0.1) is 11.3 Å². The monoisotopic (exact) mass is 398 g/mol. The van der Waals surface area contributed by atoms with E-state index in [0.29, 0.717) is 19.4 Å². The Labute approximate surface area is 166 Å². The van der Waals surface area contributed by atoms with Crippen molar-refractivity contribution in [3.63, 3.8) is 0 Å². The fraction of sp³-hybridized carbons (Fsp3) is 0.789. The van der Waals surface area contributed by atoms with Crippen LogP contribution in [-0.2, 0) is 19.1 Å². The normalized spacial score (nSPS) is 19.4. The second-order valence-electron chi connectivity index (χ2n) is 9.44. The van der Waals surface area contributed by atoms with Crippen LogP contribution in [0.5, 0.6) is 0 Å². The van der Waals surface area contributed by atoms with Gasteiger partial charge in [-0.15, -0.1) is 0 Å². The highest BCUT2D eigenvalue weighted by Gasteiger charge is 2.34. The predicted molar refractivity (Wildman–Crippen MR) is 104 cm³/mol.